The molecule has 2 aromatic carbocycles. The van der Waals surface area contributed by atoms with Crippen molar-refractivity contribution in [3.63, 3.8) is 0 Å². The molecule has 8 heteroatoms. The topological polar surface area (TPSA) is 54.3 Å². The van der Waals surface area contributed by atoms with Crippen molar-refractivity contribution in [2.24, 2.45) is 0 Å². The van der Waals surface area contributed by atoms with Gasteiger partial charge in [-0.3, -0.25) is 14.3 Å². The number of rotatable bonds is 9. The molecule has 0 radical (unpaired) electrons. The van der Waals surface area contributed by atoms with E-state index in [4.69, 9.17) is 11.6 Å². The summed E-state index contributed by atoms with van der Waals surface area (Å²) in [5.41, 5.74) is 3.33. The summed E-state index contributed by atoms with van der Waals surface area (Å²) < 4.78 is 2.00. The fraction of sp³-hybridized carbons (Fsp3) is 0.375. The second-order valence-corrected chi connectivity index (χ2v) is 9.38. The number of carbonyl (C=O) groups excluding carboxylic acids is 1. The summed E-state index contributed by atoms with van der Waals surface area (Å²) in [6, 6.07) is 16.0. The van der Waals surface area contributed by atoms with Crippen molar-refractivity contribution in [2.45, 2.75) is 38.0 Å². The van der Waals surface area contributed by atoms with Crippen molar-refractivity contribution in [1.82, 2.24) is 24.6 Å². The van der Waals surface area contributed by atoms with Crippen LogP contribution in [0.3, 0.4) is 0 Å². The standard InChI is InChI=1S/C24H30ClN5OS/c1-6-18-7-9-19(10-8-18)15-29(5)22(31)16-32-24-27-26-23(17(2)28(3)4)30(24)21-13-11-20(25)12-14-21/h7-14,17H,6,15-16H2,1-5H3. The van der Waals surface area contributed by atoms with E-state index in [9.17, 15) is 4.79 Å². The van der Waals surface area contributed by atoms with E-state index >= 15 is 0 Å². The predicted octanol–water partition coefficient (Wildman–Crippen LogP) is 4.86. The van der Waals surface area contributed by atoms with Gasteiger partial charge in [0.15, 0.2) is 11.0 Å². The molecule has 1 unspecified atom stereocenters. The van der Waals surface area contributed by atoms with Crippen LogP contribution in [0.25, 0.3) is 5.69 Å². The first kappa shape index (κ1) is 24.3. The lowest BCUT2D eigenvalue weighted by Crippen LogP contribution is -2.28. The Morgan fingerprint density at radius 3 is 2.25 bits per heavy atom. The zero-order valence-electron chi connectivity index (χ0n) is 19.2. The molecule has 0 aliphatic carbocycles. The smallest absolute Gasteiger partial charge is 0.233 e. The quantitative estimate of drug-likeness (QED) is 0.417. The van der Waals surface area contributed by atoms with Crippen LogP contribution in [-0.2, 0) is 17.8 Å². The number of benzene rings is 2. The number of halogens is 1. The number of thioether (sulfide) groups is 1. The number of carbonyl (C=O) groups is 1. The molecule has 3 rings (SSSR count). The van der Waals surface area contributed by atoms with Gasteiger partial charge in [0.25, 0.3) is 0 Å². The van der Waals surface area contributed by atoms with Gasteiger partial charge < -0.3 is 4.90 Å². The maximum absolute atomic E-state index is 12.8. The minimum Gasteiger partial charge on any atom is -0.341 e. The van der Waals surface area contributed by atoms with Crippen molar-refractivity contribution in [1.29, 1.82) is 0 Å². The third kappa shape index (κ3) is 5.91. The monoisotopic (exact) mass is 471 g/mol. The summed E-state index contributed by atoms with van der Waals surface area (Å²) in [6.45, 7) is 4.79. The summed E-state index contributed by atoms with van der Waals surface area (Å²) >= 11 is 7.48. The summed E-state index contributed by atoms with van der Waals surface area (Å²) in [5.74, 6) is 1.14. The molecule has 32 heavy (non-hydrogen) atoms. The maximum Gasteiger partial charge on any atom is 0.233 e. The molecule has 0 bridgehead atoms. The van der Waals surface area contributed by atoms with Crippen LogP contribution in [0, 0.1) is 0 Å². The second-order valence-electron chi connectivity index (χ2n) is 8.00. The fourth-order valence-corrected chi connectivity index (χ4v) is 4.21. The Labute approximate surface area is 199 Å². The third-order valence-electron chi connectivity index (χ3n) is 5.49. The second kappa shape index (κ2) is 11.0. The van der Waals surface area contributed by atoms with Crippen molar-refractivity contribution in [2.75, 3.05) is 26.9 Å². The van der Waals surface area contributed by atoms with E-state index in [1.54, 1.807) is 4.90 Å². The molecule has 6 nitrogen and oxygen atoms in total. The minimum absolute atomic E-state index is 0.0439. The van der Waals surface area contributed by atoms with Crippen LogP contribution in [-0.4, -0.2) is 57.4 Å². The Bertz CT molecular complexity index is 1030. The Morgan fingerprint density at radius 1 is 1.03 bits per heavy atom. The van der Waals surface area contributed by atoms with E-state index in [-0.39, 0.29) is 17.7 Å². The molecular formula is C24H30ClN5OS. The first-order chi connectivity index (χ1) is 15.3. The third-order valence-corrected chi connectivity index (χ3v) is 6.66. The lowest BCUT2D eigenvalue weighted by molar-refractivity contribution is -0.127. The molecule has 0 spiro atoms. The number of hydrogen-bond acceptors (Lipinski definition) is 5. The number of amides is 1. The van der Waals surface area contributed by atoms with Crippen molar-refractivity contribution in [3.05, 3.63) is 70.5 Å². The predicted molar refractivity (Wildman–Crippen MR) is 131 cm³/mol. The number of hydrogen-bond donors (Lipinski definition) is 0. The van der Waals surface area contributed by atoms with E-state index in [1.165, 1.54) is 17.3 Å². The molecule has 1 amide bonds. The first-order valence-corrected chi connectivity index (χ1v) is 12.0. The van der Waals surface area contributed by atoms with Crippen LogP contribution in [0.2, 0.25) is 5.02 Å². The largest absolute Gasteiger partial charge is 0.341 e. The average molecular weight is 472 g/mol. The molecule has 0 saturated heterocycles. The number of aromatic nitrogens is 3. The molecule has 1 heterocycles. The molecule has 0 saturated carbocycles. The molecule has 0 aliphatic heterocycles. The Kier molecular flexibility index (Phi) is 8.34. The van der Waals surface area contributed by atoms with Gasteiger partial charge in [-0.2, -0.15) is 0 Å². The Hall–Kier alpha value is -2.35. The molecular weight excluding hydrogens is 442 g/mol. The summed E-state index contributed by atoms with van der Waals surface area (Å²) in [4.78, 5) is 16.6. The van der Waals surface area contributed by atoms with Crippen LogP contribution >= 0.6 is 23.4 Å². The molecule has 0 fully saturated rings. The average Bonchev–Trinajstić information content (AvgIpc) is 3.21. The van der Waals surface area contributed by atoms with Gasteiger partial charge in [0.1, 0.15) is 0 Å². The van der Waals surface area contributed by atoms with E-state index in [1.807, 2.05) is 50.0 Å². The fourth-order valence-electron chi connectivity index (χ4n) is 3.19. The van der Waals surface area contributed by atoms with E-state index in [0.29, 0.717) is 16.7 Å². The Morgan fingerprint density at radius 2 is 1.66 bits per heavy atom. The van der Waals surface area contributed by atoms with Crippen LogP contribution < -0.4 is 0 Å². The summed E-state index contributed by atoms with van der Waals surface area (Å²) in [5, 5.41) is 10.2. The first-order valence-electron chi connectivity index (χ1n) is 10.6. The van der Waals surface area contributed by atoms with Gasteiger partial charge >= 0.3 is 0 Å². The normalized spacial score (nSPS) is 12.2. The molecule has 1 atom stereocenters. The molecule has 3 aromatic rings. The van der Waals surface area contributed by atoms with Crippen molar-refractivity contribution in [3.8, 4) is 5.69 Å². The van der Waals surface area contributed by atoms with E-state index < -0.39 is 0 Å². The number of nitrogens with zero attached hydrogens (tertiary/aromatic N) is 5. The van der Waals surface area contributed by atoms with Gasteiger partial charge in [-0.05, 0) is 62.8 Å². The maximum atomic E-state index is 12.8. The molecule has 0 N–H and O–H groups in total. The van der Waals surface area contributed by atoms with Crippen LogP contribution in [0.1, 0.15) is 36.8 Å². The highest BCUT2D eigenvalue weighted by molar-refractivity contribution is 7.99. The molecule has 170 valence electrons. The van der Waals surface area contributed by atoms with E-state index in [2.05, 4.69) is 53.2 Å². The van der Waals surface area contributed by atoms with Gasteiger partial charge in [0, 0.05) is 24.3 Å². The summed E-state index contributed by atoms with van der Waals surface area (Å²) in [6.07, 6.45) is 1.01. The van der Waals surface area contributed by atoms with Crippen LogP contribution in [0.5, 0.6) is 0 Å². The van der Waals surface area contributed by atoms with Gasteiger partial charge in [0.2, 0.25) is 5.91 Å². The summed E-state index contributed by atoms with van der Waals surface area (Å²) in [7, 11) is 5.84. The Balaban J connectivity index is 1.74. The lowest BCUT2D eigenvalue weighted by atomic mass is 10.1. The highest BCUT2D eigenvalue weighted by atomic mass is 35.5. The van der Waals surface area contributed by atoms with Crippen molar-refractivity contribution < 1.29 is 4.79 Å². The lowest BCUT2D eigenvalue weighted by Gasteiger charge is -2.21. The van der Waals surface area contributed by atoms with Crippen LogP contribution in [0.15, 0.2) is 53.7 Å². The zero-order chi connectivity index (χ0) is 23.3. The molecule has 0 aliphatic rings. The van der Waals surface area contributed by atoms with Crippen LogP contribution in [0.4, 0.5) is 0 Å². The van der Waals surface area contributed by atoms with Gasteiger partial charge in [-0.25, -0.2) is 0 Å². The van der Waals surface area contributed by atoms with Gasteiger partial charge in [0.05, 0.1) is 11.8 Å². The highest BCUT2D eigenvalue weighted by Gasteiger charge is 2.22. The van der Waals surface area contributed by atoms with Gasteiger partial charge in [-0.1, -0.05) is 54.6 Å². The van der Waals surface area contributed by atoms with E-state index in [0.717, 1.165) is 23.5 Å². The minimum atomic E-state index is 0.0439. The number of aryl methyl sites for hydroxylation is 1. The molecule has 1 aromatic heterocycles. The SMILES string of the molecule is CCc1ccc(CN(C)C(=O)CSc2nnc(C(C)N(C)C)n2-c2ccc(Cl)cc2)cc1. The van der Waals surface area contributed by atoms with Gasteiger partial charge in [-0.15, -0.1) is 10.2 Å². The van der Waals surface area contributed by atoms with Crippen molar-refractivity contribution >= 4 is 29.3 Å². The highest BCUT2D eigenvalue weighted by Crippen LogP contribution is 2.27. The zero-order valence-corrected chi connectivity index (χ0v) is 20.8.